The lowest BCUT2D eigenvalue weighted by Gasteiger charge is -2.27. The first-order valence-corrected chi connectivity index (χ1v) is 7.53. The van der Waals surface area contributed by atoms with Gasteiger partial charge in [-0.25, -0.2) is 4.39 Å². The minimum atomic E-state index is -0.599. The van der Waals surface area contributed by atoms with Gasteiger partial charge in [0.2, 0.25) is 0 Å². The number of anilines is 1. The molecule has 1 aliphatic rings. The molecule has 0 spiro atoms. The normalized spacial score (nSPS) is 17.4. The molecule has 0 aromatic heterocycles. The van der Waals surface area contributed by atoms with Gasteiger partial charge in [0.1, 0.15) is 5.75 Å². The maximum absolute atomic E-state index is 13.5. The molecule has 0 aliphatic heterocycles. The Balaban J connectivity index is 1.90. The van der Waals surface area contributed by atoms with E-state index in [1.165, 1.54) is 12.1 Å². The van der Waals surface area contributed by atoms with Crippen molar-refractivity contribution >= 4 is 28.9 Å². The number of nitrogens with one attached hydrogen (secondary N) is 1. The van der Waals surface area contributed by atoms with Crippen LogP contribution >= 0.6 is 23.2 Å². The van der Waals surface area contributed by atoms with Crippen molar-refractivity contribution in [2.45, 2.75) is 25.3 Å². The highest BCUT2D eigenvalue weighted by molar-refractivity contribution is 6.35. The molecule has 0 heterocycles. The van der Waals surface area contributed by atoms with E-state index in [-0.39, 0.29) is 21.8 Å². The molecule has 1 atom stereocenters. The molecule has 5 heteroatoms. The summed E-state index contributed by atoms with van der Waals surface area (Å²) < 4.78 is 13.5. The van der Waals surface area contributed by atoms with Crippen molar-refractivity contribution in [2.75, 3.05) is 5.32 Å². The number of fused-ring (bicyclic) bond motifs is 1. The predicted octanol–water partition coefficient (Wildman–Crippen LogP) is 5.33. The number of phenols is 1. The number of hydrogen-bond donors (Lipinski definition) is 2. The lowest BCUT2D eigenvalue weighted by molar-refractivity contribution is 0.472. The summed E-state index contributed by atoms with van der Waals surface area (Å²) in [5.41, 5.74) is 2.98. The van der Waals surface area contributed by atoms with Crippen LogP contribution in [0.2, 0.25) is 10.0 Å². The Morgan fingerprint density at radius 1 is 1.14 bits per heavy atom. The van der Waals surface area contributed by atoms with Gasteiger partial charge >= 0.3 is 0 Å². The van der Waals surface area contributed by atoms with E-state index in [0.717, 1.165) is 30.4 Å². The maximum atomic E-state index is 13.5. The van der Waals surface area contributed by atoms with Crippen LogP contribution in [0.1, 0.15) is 30.0 Å². The smallest absolute Gasteiger partial charge is 0.160 e. The zero-order chi connectivity index (χ0) is 15.0. The van der Waals surface area contributed by atoms with Crippen LogP contribution in [0.25, 0.3) is 0 Å². The average molecular weight is 326 g/mol. The van der Waals surface area contributed by atoms with E-state index in [1.807, 2.05) is 6.07 Å². The van der Waals surface area contributed by atoms with Crippen LogP contribution in [0.5, 0.6) is 5.75 Å². The van der Waals surface area contributed by atoms with Crippen molar-refractivity contribution in [1.29, 1.82) is 0 Å². The molecule has 0 fully saturated rings. The van der Waals surface area contributed by atoms with Crippen molar-refractivity contribution in [1.82, 2.24) is 0 Å². The van der Waals surface area contributed by atoms with E-state index in [1.54, 1.807) is 12.1 Å². The number of hydrogen-bond acceptors (Lipinski definition) is 2. The molecular weight excluding hydrogens is 312 g/mol. The van der Waals surface area contributed by atoms with Gasteiger partial charge in [-0.3, -0.25) is 0 Å². The molecule has 1 aliphatic carbocycles. The molecule has 2 aromatic rings. The van der Waals surface area contributed by atoms with Gasteiger partial charge in [-0.15, -0.1) is 0 Å². The second-order valence-corrected chi connectivity index (χ2v) is 6.04. The summed E-state index contributed by atoms with van der Waals surface area (Å²) in [6, 6.07) is 8.59. The van der Waals surface area contributed by atoms with E-state index < -0.39 is 5.82 Å². The fraction of sp³-hybridized carbons (Fsp3) is 0.250. The number of rotatable bonds is 2. The first-order chi connectivity index (χ1) is 10.0. The lowest BCUT2D eigenvalue weighted by atomic mass is 9.87. The van der Waals surface area contributed by atoms with Gasteiger partial charge < -0.3 is 10.4 Å². The minimum Gasteiger partial charge on any atom is -0.508 e. The summed E-state index contributed by atoms with van der Waals surface area (Å²) in [6.07, 6.45) is 2.94. The van der Waals surface area contributed by atoms with Crippen molar-refractivity contribution < 1.29 is 9.50 Å². The molecule has 1 unspecified atom stereocenters. The highest BCUT2D eigenvalue weighted by atomic mass is 35.5. The van der Waals surface area contributed by atoms with Gasteiger partial charge in [-0.2, -0.15) is 0 Å². The van der Waals surface area contributed by atoms with Gasteiger partial charge in [0.15, 0.2) is 5.82 Å². The fourth-order valence-electron chi connectivity index (χ4n) is 2.79. The van der Waals surface area contributed by atoms with Crippen LogP contribution in [0.4, 0.5) is 10.1 Å². The van der Waals surface area contributed by atoms with Gasteiger partial charge in [0, 0.05) is 5.69 Å². The Labute approximate surface area is 132 Å². The van der Waals surface area contributed by atoms with E-state index in [0.29, 0.717) is 5.69 Å². The topological polar surface area (TPSA) is 32.3 Å². The number of phenolic OH excluding ortho intramolecular Hbond substituents is 1. The van der Waals surface area contributed by atoms with E-state index in [9.17, 15) is 9.50 Å². The molecule has 2 nitrogen and oxygen atoms in total. The molecule has 0 amide bonds. The third kappa shape index (κ3) is 2.94. The van der Waals surface area contributed by atoms with E-state index >= 15 is 0 Å². The van der Waals surface area contributed by atoms with Crippen LogP contribution in [0.15, 0.2) is 30.3 Å². The Morgan fingerprint density at radius 2 is 1.86 bits per heavy atom. The summed E-state index contributed by atoms with van der Waals surface area (Å²) in [5.74, 6) is -0.319. The summed E-state index contributed by atoms with van der Waals surface area (Å²) in [6.45, 7) is 0. The summed E-state index contributed by atoms with van der Waals surface area (Å²) in [5, 5.41) is 12.9. The summed E-state index contributed by atoms with van der Waals surface area (Å²) in [7, 11) is 0. The van der Waals surface area contributed by atoms with Crippen molar-refractivity contribution in [3.8, 4) is 5.75 Å². The molecule has 21 heavy (non-hydrogen) atoms. The molecule has 3 rings (SSSR count). The quantitative estimate of drug-likeness (QED) is 0.731. The molecular formula is C16H14Cl2FNO. The van der Waals surface area contributed by atoms with E-state index in [2.05, 4.69) is 5.32 Å². The highest BCUT2D eigenvalue weighted by Gasteiger charge is 2.21. The molecule has 2 N–H and O–H groups in total. The summed E-state index contributed by atoms with van der Waals surface area (Å²) >= 11 is 11.7. The number of aryl methyl sites for hydroxylation is 1. The number of halogens is 3. The van der Waals surface area contributed by atoms with Crippen LogP contribution in [-0.2, 0) is 6.42 Å². The molecule has 2 aromatic carbocycles. The van der Waals surface area contributed by atoms with Crippen molar-refractivity contribution in [3.63, 3.8) is 0 Å². The second-order valence-electron chi connectivity index (χ2n) is 5.23. The molecule has 0 bridgehead atoms. The van der Waals surface area contributed by atoms with Crippen LogP contribution < -0.4 is 5.32 Å². The first-order valence-electron chi connectivity index (χ1n) is 6.77. The molecule has 110 valence electrons. The highest BCUT2D eigenvalue weighted by Crippen LogP contribution is 2.36. The second kappa shape index (κ2) is 5.74. The number of benzene rings is 2. The predicted molar refractivity (Wildman–Crippen MR) is 83.8 cm³/mol. The van der Waals surface area contributed by atoms with Crippen molar-refractivity contribution in [2.24, 2.45) is 0 Å². The van der Waals surface area contributed by atoms with Crippen LogP contribution in [-0.4, -0.2) is 5.11 Å². The van der Waals surface area contributed by atoms with Crippen molar-refractivity contribution in [3.05, 3.63) is 57.3 Å². The van der Waals surface area contributed by atoms with Gasteiger partial charge in [0.25, 0.3) is 0 Å². The maximum Gasteiger partial charge on any atom is 0.160 e. The average Bonchev–Trinajstić information content (AvgIpc) is 2.44. The third-order valence-corrected chi connectivity index (χ3v) is 4.32. The zero-order valence-corrected chi connectivity index (χ0v) is 12.7. The van der Waals surface area contributed by atoms with Gasteiger partial charge in [0.05, 0.1) is 16.1 Å². The zero-order valence-electron chi connectivity index (χ0n) is 11.2. The van der Waals surface area contributed by atoms with Crippen LogP contribution in [0, 0.1) is 5.82 Å². The standard InChI is InChI=1S/C16H14Cl2FNO/c17-13-7-10(8-14(18)16(13)19)20-15-3-1-2-9-6-11(21)4-5-12(9)15/h4-8,15,20-21H,1-3H2. The summed E-state index contributed by atoms with van der Waals surface area (Å²) in [4.78, 5) is 0. The Kier molecular flexibility index (Phi) is 3.96. The molecule has 0 saturated heterocycles. The van der Waals surface area contributed by atoms with E-state index in [4.69, 9.17) is 23.2 Å². The third-order valence-electron chi connectivity index (χ3n) is 3.77. The molecule has 0 saturated carbocycles. The minimum absolute atomic E-state index is 0.00624. The van der Waals surface area contributed by atoms with Gasteiger partial charge in [-0.1, -0.05) is 29.3 Å². The Hall–Kier alpha value is -1.45. The largest absolute Gasteiger partial charge is 0.508 e. The monoisotopic (exact) mass is 325 g/mol. The Bertz CT molecular complexity index is 667. The molecule has 0 radical (unpaired) electrons. The first kappa shape index (κ1) is 14.5. The van der Waals surface area contributed by atoms with Gasteiger partial charge in [-0.05, 0) is 54.7 Å². The number of aromatic hydroxyl groups is 1. The SMILES string of the molecule is Oc1ccc2c(c1)CCCC2Nc1cc(Cl)c(F)c(Cl)c1. The lowest BCUT2D eigenvalue weighted by Crippen LogP contribution is -2.17. The van der Waals surface area contributed by atoms with Crippen LogP contribution in [0.3, 0.4) is 0 Å². The fourth-order valence-corrected chi connectivity index (χ4v) is 3.28. The Morgan fingerprint density at radius 3 is 2.57 bits per heavy atom.